The molecule has 0 aliphatic rings. The molecule has 4 N–H and O–H groups in total. The topological polar surface area (TPSA) is 92.9 Å². The smallest absolute Gasteiger partial charge is 0.239 e. The number of hydrogen-bond acceptors (Lipinski definition) is 5. The Hall–Kier alpha value is -1.56. The quantitative estimate of drug-likeness (QED) is 0.611. The SMILES string of the molecule is CNC(=O)CNc1cc(Cl)nc(N)n1. The van der Waals surface area contributed by atoms with Gasteiger partial charge >= 0.3 is 0 Å². The summed E-state index contributed by atoms with van der Waals surface area (Å²) in [6.07, 6.45) is 0. The van der Waals surface area contributed by atoms with E-state index in [2.05, 4.69) is 20.6 Å². The van der Waals surface area contributed by atoms with E-state index in [0.717, 1.165) is 0 Å². The molecule has 0 bridgehead atoms. The van der Waals surface area contributed by atoms with Gasteiger partial charge in [-0.2, -0.15) is 4.98 Å². The van der Waals surface area contributed by atoms with Gasteiger partial charge in [-0.1, -0.05) is 11.6 Å². The molecule has 0 fully saturated rings. The molecular formula is C7H10ClN5O. The fourth-order valence-corrected chi connectivity index (χ4v) is 0.975. The average molecular weight is 216 g/mol. The lowest BCUT2D eigenvalue weighted by Gasteiger charge is -2.04. The van der Waals surface area contributed by atoms with Crippen LogP contribution in [0.2, 0.25) is 5.15 Å². The number of likely N-dealkylation sites (N-methyl/N-ethyl adjacent to an activating group) is 1. The minimum absolute atomic E-state index is 0.0666. The maximum Gasteiger partial charge on any atom is 0.239 e. The van der Waals surface area contributed by atoms with E-state index < -0.39 is 0 Å². The van der Waals surface area contributed by atoms with E-state index in [1.165, 1.54) is 6.07 Å². The summed E-state index contributed by atoms with van der Waals surface area (Å²) in [5.74, 6) is 0.335. The van der Waals surface area contributed by atoms with Gasteiger partial charge in [0.1, 0.15) is 11.0 Å². The first-order valence-electron chi connectivity index (χ1n) is 3.86. The predicted octanol–water partition coefficient (Wildman–Crippen LogP) is -0.130. The van der Waals surface area contributed by atoms with Crippen molar-refractivity contribution in [3.05, 3.63) is 11.2 Å². The molecule has 0 atom stereocenters. The summed E-state index contributed by atoms with van der Waals surface area (Å²) in [6, 6.07) is 1.49. The van der Waals surface area contributed by atoms with E-state index in [4.69, 9.17) is 17.3 Å². The largest absolute Gasteiger partial charge is 0.368 e. The fraction of sp³-hybridized carbons (Fsp3) is 0.286. The van der Waals surface area contributed by atoms with Crippen LogP contribution in [-0.2, 0) is 4.79 Å². The van der Waals surface area contributed by atoms with Crippen molar-refractivity contribution in [1.29, 1.82) is 0 Å². The number of anilines is 2. The molecule has 1 aromatic rings. The van der Waals surface area contributed by atoms with Crippen molar-refractivity contribution in [3.63, 3.8) is 0 Å². The Morgan fingerprint density at radius 3 is 2.93 bits per heavy atom. The van der Waals surface area contributed by atoms with Gasteiger partial charge in [0.25, 0.3) is 0 Å². The zero-order valence-electron chi connectivity index (χ0n) is 7.54. The highest BCUT2D eigenvalue weighted by Crippen LogP contribution is 2.11. The zero-order chi connectivity index (χ0) is 10.6. The predicted molar refractivity (Wildman–Crippen MR) is 54.0 cm³/mol. The van der Waals surface area contributed by atoms with Crippen LogP contribution >= 0.6 is 11.6 Å². The lowest BCUT2D eigenvalue weighted by molar-refractivity contribution is -0.118. The van der Waals surface area contributed by atoms with Gasteiger partial charge in [-0.3, -0.25) is 4.79 Å². The average Bonchev–Trinajstić information content (AvgIpc) is 2.12. The molecule has 0 aliphatic heterocycles. The second-order valence-electron chi connectivity index (χ2n) is 2.46. The molecule has 0 saturated heterocycles. The van der Waals surface area contributed by atoms with E-state index in [1.807, 2.05) is 0 Å². The molecule has 0 radical (unpaired) electrons. The Balaban J connectivity index is 2.63. The summed E-state index contributed by atoms with van der Waals surface area (Å²) in [4.78, 5) is 18.4. The minimum Gasteiger partial charge on any atom is -0.368 e. The van der Waals surface area contributed by atoms with Crippen LogP contribution in [0.15, 0.2) is 6.07 Å². The van der Waals surface area contributed by atoms with Gasteiger partial charge in [-0.15, -0.1) is 0 Å². The highest BCUT2D eigenvalue weighted by Gasteiger charge is 2.01. The molecule has 76 valence electrons. The van der Waals surface area contributed by atoms with Gasteiger partial charge in [-0.25, -0.2) is 4.98 Å². The molecule has 0 aliphatic carbocycles. The van der Waals surface area contributed by atoms with Gasteiger partial charge in [0, 0.05) is 13.1 Å². The summed E-state index contributed by atoms with van der Waals surface area (Å²) >= 11 is 5.63. The number of amides is 1. The van der Waals surface area contributed by atoms with Crippen LogP contribution in [-0.4, -0.2) is 29.5 Å². The van der Waals surface area contributed by atoms with E-state index in [9.17, 15) is 4.79 Å². The monoisotopic (exact) mass is 215 g/mol. The first-order valence-corrected chi connectivity index (χ1v) is 4.24. The molecule has 14 heavy (non-hydrogen) atoms. The van der Waals surface area contributed by atoms with Crippen molar-refractivity contribution in [3.8, 4) is 0 Å². The standard InChI is InChI=1S/C7H10ClN5O/c1-10-6(14)3-11-5-2-4(8)12-7(9)13-5/h2H,3H2,1H3,(H,10,14)(H3,9,11,12,13). The number of nitrogens with zero attached hydrogens (tertiary/aromatic N) is 2. The Bertz CT molecular complexity index is 323. The third-order valence-corrected chi connectivity index (χ3v) is 1.61. The highest BCUT2D eigenvalue weighted by atomic mass is 35.5. The van der Waals surface area contributed by atoms with Crippen LogP contribution < -0.4 is 16.4 Å². The molecule has 0 aromatic carbocycles. The number of carbonyl (C=O) groups is 1. The first-order chi connectivity index (χ1) is 6.61. The van der Waals surface area contributed by atoms with Gasteiger partial charge in [-0.05, 0) is 0 Å². The zero-order valence-corrected chi connectivity index (χ0v) is 8.30. The van der Waals surface area contributed by atoms with E-state index in [-0.39, 0.29) is 23.6 Å². The van der Waals surface area contributed by atoms with Crippen LogP contribution in [0.3, 0.4) is 0 Å². The van der Waals surface area contributed by atoms with E-state index in [1.54, 1.807) is 7.05 Å². The Labute approximate surface area is 85.9 Å². The van der Waals surface area contributed by atoms with Crippen LogP contribution in [0, 0.1) is 0 Å². The van der Waals surface area contributed by atoms with Crippen LogP contribution in [0.25, 0.3) is 0 Å². The third-order valence-electron chi connectivity index (χ3n) is 1.42. The third kappa shape index (κ3) is 3.06. The number of halogens is 1. The molecule has 1 aromatic heterocycles. The number of aromatic nitrogens is 2. The molecule has 6 nitrogen and oxygen atoms in total. The summed E-state index contributed by atoms with van der Waals surface area (Å²) in [7, 11) is 1.55. The lowest BCUT2D eigenvalue weighted by atomic mass is 10.5. The van der Waals surface area contributed by atoms with Gasteiger partial charge < -0.3 is 16.4 Å². The molecule has 7 heteroatoms. The van der Waals surface area contributed by atoms with E-state index in [0.29, 0.717) is 5.82 Å². The highest BCUT2D eigenvalue weighted by molar-refractivity contribution is 6.29. The molecule has 1 rings (SSSR count). The normalized spacial score (nSPS) is 9.57. The van der Waals surface area contributed by atoms with Crippen molar-refractivity contribution >= 4 is 29.3 Å². The fourth-order valence-electron chi connectivity index (χ4n) is 0.785. The molecule has 1 amide bonds. The van der Waals surface area contributed by atoms with Crippen LogP contribution in [0.4, 0.5) is 11.8 Å². The van der Waals surface area contributed by atoms with Crippen molar-refractivity contribution in [1.82, 2.24) is 15.3 Å². The van der Waals surface area contributed by atoms with Gasteiger partial charge in [0.05, 0.1) is 6.54 Å². The Kier molecular flexibility index (Phi) is 3.47. The van der Waals surface area contributed by atoms with E-state index >= 15 is 0 Å². The maximum absolute atomic E-state index is 10.9. The van der Waals surface area contributed by atoms with Crippen molar-refractivity contribution in [2.75, 3.05) is 24.6 Å². The maximum atomic E-state index is 10.9. The number of rotatable bonds is 3. The number of nitrogen functional groups attached to an aromatic ring is 1. The Morgan fingerprint density at radius 1 is 1.64 bits per heavy atom. The lowest BCUT2D eigenvalue weighted by Crippen LogP contribution is -2.26. The van der Waals surface area contributed by atoms with Crippen LogP contribution in [0.1, 0.15) is 0 Å². The molecule has 0 saturated carbocycles. The second kappa shape index (κ2) is 4.61. The molecule has 0 spiro atoms. The summed E-state index contributed by atoms with van der Waals surface area (Å²) in [5.41, 5.74) is 5.35. The Morgan fingerprint density at radius 2 is 2.36 bits per heavy atom. The minimum atomic E-state index is -0.154. The number of carbonyl (C=O) groups excluding carboxylic acids is 1. The number of hydrogen-bond donors (Lipinski definition) is 3. The first kappa shape index (κ1) is 10.5. The number of nitrogens with two attached hydrogens (primary N) is 1. The van der Waals surface area contributed by atoms with Gasteiger partial charge in [0.15, 0.2) is 0 Å². The van der Waals surface area contributed by atoms with Crippen molar-refractivity contribution in [2.45, 2.75) is 0 Å². The molecule has 1 heterocycles. The second-order valence-corrected chi connectivity index (χ2v) is 2.85. The van der Waals surface area contributed by atoms with Crippen LogP contribution in [0.5, 0.6) is 0 Å². The summed E-state index contributed by atoms with van der Waals surface area (Å²) in [5, 5.41) is 5.44. The van der Waals surface area contributed by atoms with Gasteiger partial charge in [0.2, 0.25) is 11.9 Å². The van der Waals surface area contributed by atoms with Crippen molar-refractivity contribution < 1.29 is 4.79 Å². The summed E-state index contributed by atoms with van der Waals surface area (Å²) < 4.78 is 0. The van der Waals surface area contributed by atoms with Crippen molar-refractivity contribution in [2.24, 2.45) is 0 Å². The molecular weight excluding hydrogens is 206 g/mol. The number of nitrogens with one attached hydrogen (secondary N) is 2. The molecule has 0 unspecified atom stereocenters. The summed E-state index contributed by atoms with van der Waals surface area (Å²) in [6.45, 7) is 0.114.